The highest BCUT2D eigenvalue weighted by atomic mass is 35.5. The van der Waals surface area contributed by atoms with Gasteiger partial charge in [-0.3, -0.25) is 33.6 Å². The van der Waals surface area contributed by atoms with Crippen molar-refractivity contribution in [3.8, 4) is 11.1 Å². The van der Waals surface area contributed by atoms with Crippen LogP contribution in [-0.2, 0) is 75.7 Å². The second-order valence-electron chi connectivity index (χ2n) is 23.0. The Morgan fingerprint density at radius 1 is 0.495 bits per heavy atom. The monoisotopic (exact) mass is 1390 g/mol. The lowest BCUT2D eigenvalue weighted by Crippen LogP contribution is -2.43. The molecule has 0 bridgehead atoms. The highest BCUT2D eigenvalue weighted by Crippen LogP contribution is 2.41. The Hall–Kier alpha value is -9.50. The Morgan fingerprint density at radius 2 is 0.949 bits per heavy atom. The molecule has 0 saturated heterocycles. The lowest BCUT2D eigenvalue weighted by atomic mass is 9.88. The molecule has 9 N–H and O–H groups in total. The molecule has 99 heavy (non-hydrogen) atoms. The molecule has 0 radical (unpaired) electrons. The molecule has 3 aromatic carbocycles. The van der Waals surface area contributed by atoms with Gasteiger partial charge in [0, 0.05) is 114 Å². The molecule has 8 rings (SSSR count). The summed E-state index contributed by atoms with van der Waals surface area (Å²) in [6.07, 6.45) is 6.75. The van der Waals surface area contributed by atoms with Gasteiger partial charge in [-0.1, -0.05) is 29.8 Å². The number of nitrogen functional groups attached to an aromatic ring is 1. The van der Waals surface area contributed by atoms with Crippen LogP contribution in [0.15, 0.2) is 104 Å². The number of hydrogen-bond acceptors (Lipinski definition) is 19. The summed E-state index contributed by atoms with van der Waals surface area (Å²) in [6.45, 7) is 10.3. The molecule has 7 aromatic rings. The highest BCUT2D eigenvalue weighted by molar-refractivity contribution is 6.30. The molecule has 0 spiro atoms. The largest absolute Gasteiger partial charge is 0.382 e. The summed E-state index contributed by atoms with van der Waals surface area (Å²) in [5, 5.41) is 20.7. The van der Waals surface area contributed by atoms with E-state index in [2.05, 4.69) is 60.2 Å². The summed E-state index contributed by atoms with van der Waals surface area (Å²) in [5.41, 5.74) is 12.2. The second kappa shape index (κ2) is 38.6. The zero-order valence-electron chi connectivity index (χ0n) is 56.5. The summed E-state index contributed by atoms with van der Waals surface area (Å²) in [4.78, 5) is 100. The molecule has 1 aliphatic rings. The van der Waals surface area contributed by atoms with Crippen LogP contribution >= 0.6 is 11.6 Å². The number of aryl methyl sites for hydroxylation is 4. The highest BCUT2D eigenvalue weighted by Gasteiger charge is 2.33. The molecular formula is C68H88ClN15O15. The Labute approximate surface area is 578 Å². The molecule has 0 unspecified atom stereocenters. The van der Waals surface area contributed by atoms with Gasteiger partial charge in [-0.2, -0.15) is 0 Å². The maximum Gasteiger partial charge on any atom is 0.291 e. The third-order valence-corrected chi connectivity index (χ3v) is 15.7. The number of hydrogen-bond donors (Lipinski definition) is 8. The number of benzene rings is 3. The van der Waals surface area contributed by atoms with Gasteiger partial charge in [0.2, 0.25) is 23.5 Å². The van der Waals surface area contributed by atoms with Crippen LogP contribution < -0.4 is 47.9 Å². The fraction of sp³-hybridized carbons (Fsp3) is 0.426. The van der Waals surface area contributed by atoms with E-state index in [9.17, 15) is 33.6 Å². The zero-order valence-corrected chi connectivity index (χ0v) is 57.3. The predicted molar refractivity (Wildman–Crippen MR) is 371 cm³/mol. The molecule has 4 aromatic heterocycles. The minimum absolute atomic E-state index is 0.00291. The quantitative estimate of drug-likeness (QED) is 0.0217. The lowest BCUT2D eigenvalue weighted by Gasteiger charge is -2.39. The minimum atomic E-state index is -0.581. The SMILES string of the molecule is CC(=O)N1c2ccc(-c3ccc(C(=O)NCCOCCOCCOCCOCCOCCOCCOCCOCCNC(=O)c4cc(NC(=O)c5nc(NC(=O)CCNC(=O)c6cc(NC(=O)c7nc(N)cn7C)cn6C)cn5C)cn4C)cc3)cc2[C@H](Nc2ccc(Cl)cc2)C[C@@H]1C. The van der Waals surface area contributed by atoms with Crippen molar-refractivity contribution in [2.24, 2.45) is 28.2 Å². The Morgan fingerprint density at radius 3 is 1.43 bits per heavy atom. The Balaban J connectivity index is 0.560. The summed E-state index contributed by atoms with van der Waals surface area (Å²) in [7, 11) is 6.53. The third kappa shape index (κ3) is 23.3. The summed E-state index contributed by atoms with van der Waals surface area (Å²) in [5.74, 6) is -2.18. The van der Waals surface area contributed by atoms with Gasteiger partial charge in [-0.05, 0) is 90.7 Å². The van der Waals surface area contributed by atoms with Crippen molar-refractivity contribution in [3.63, 3.8) is 0 Å². The number of anilines is 6. The molecule has 0 saturated carbocycles. The van der Waals surface area contributed by atoms with E-state index in [-0.39, 0.29) is 84.9 Å². The number of ether oxygens (including phenoxy) is 8. The van der Waals surface area contributed by atoms with E-state index >= 15 is 0 Å². The first-order chi connectivity index (χ1) is 47.8. The van der Waals surface area contributed by atoms with Crippen LogP contribution in [-0.4, -0.2) is 201 Å². The fourth-order valence-electron chi connectivity index (χ4n) is 10.6. The van der Waals surface area contributed by atoms with E-state index in [1.165, 1.54) is 38.2 Å². The van der Waals surface area contributed by atoms with E-state index in [4.69, 9.17) is 55.2 Å². The number of nitrogens with zero attached hydrogens (tertiary/aromatic N) is 7. The molecule has 7 amide bonds. The van der Waals surface area contributed by atoms with Crippen molar-refractivity contribution >= 4 is 87.3 Å². The van der Waals surface area contributed by atoms with Gasteiger partial charge in [0.05, 0.1) is 123 Å². The summed E-state index contributed by atoms with van der Waals surface area (Å²) in [6, 6.07) is 24.2. The predicted octanol–water partition coefficient (Wildman–Crippen LogP) is 5.59. The molecule has 532 valence electrons. The number of halogens is 1. The van der Waals surface area contributed by atoms with Crippen LogP contribution in [0.5, 0.6) is 0 Å². The van der Waals surface area contributed by atoms with Crippen LogP contribution in [0.4, 0.5) is 34.4 Å². The molecule has 2 atom stereocenters. The molecular weight excluding hydrogens is 1300 g/mol. The van der Waals surface area contributed by atoms with Gasteiger partial charge in [0.15, 0.2) is 5.82 Å². The van der Waals surface area contributed by atoms with Crippen molar-refractivity contribution in [2.45, 2.75) is 38.8 Å². The maximum atomic E-state index is 13.2. The number of fused-ring (bicyclic) bond motifs is 1. The van der Waals surface area contributed by atoms with Gasteiger partial charge in [-0.25, -0.2) is 9.97 Å². The van der Waals surface area contributed by atoms with Crippen molar-refractivity contribution in [2.75, 3.05) is 157 Å². The van der Waals surface area contributed by atoms with E-state index in [0.29, 0.717) is 133 Å². The van der Waals surface area contributed by atoms with Crippen LogP contribution in [0.2, 0.25) is 5.02 Å². The number of carbonyl (C=O) groups excluding carboxylic acids is 7. The molecule has 31 heteroatoms. The number of imidazole rings is 2. The van der Waals surface area contributed by atoms with Crippen molar-refractivity contribution < 1.29 is 71.5 Å². The van der Waals surface area contributed by atoms with Crippen molar-refractivity contribution in [3.05, 3.63) is 143 Å². The lowest BCUT2D eigenvalue weighted by molar-refractivity contribution is -0.117. The summed E-state index contributed by atoms with van der Waals surface area (Å²) < 4.78 is 50.6. The van der Waals surface area contributed by atoms with E-state index in [1.54, 1.807) is 64.2 Å². The fourth-order valence-corrected chi connectivity index (χ4v) is 10.8. The van der Waals surface area contributed by atoms with Gasteiger partial charge >= 0.3 is 0 Å². The molecule has 0 aliphatic carbocycles. The van der Waals surface area contributed by atoms with E-state index in [1.807, 2.05) is 53.4 Å². The Kier molecular flexibility index (Phi) is 29.3. The number of amides is 7. The minimum Gasteiger partial charge on any atom is -0.382 e. The molecule has 0 fully saturated rings. The maximum absolute atomic E-state index is 13.2. The standard InChI is InChI=1S/C68H88ClN15O15/c1-45-37-55(74-51-14-12-50(69)13-15-51)54-38-49(11-16-56(54)84(45)46(2)85)47-7-9-48(10-8-47)64(87)72-19-21-92-23-25-94-27-29-96-31-33-98-35-36-99-34-32-97-30-28-95-26-24-93-22-20-73-66(89)58-40-53(42-81(58)4)76-68(91)63-79-60(44-83(63)6)78-61(86)17-18-71-65(88)57-39-52(41-80(57)3)75-67(90)62-77-59(70)43-82(62)5/h7-16,38-45,55,74H,17-37,70H2,1-6H3,(H,71,88)(H,72,87)(H,73,89)(H,75,90)(H,76,91)(H,78,86)/t45-,55+/m0/s1. The molecule has 5 heterocycles. The first-order valence-electron chi connectivity index (χ1n) is 32.4. The van der Waals surface area contributed by atoms with Gasteiger partial charge < -0.3 is 104 Å². The van der Waals surface area contributed by atoms with Gasteiger partial charge in [0.1, 0.15) is 17.2 Å². The number of nitrogens with two attached hydrogens (primary N) is 1. The number of rotatable bonds is 41. The number of carbonyl (C=O) groups is 7. The Bertz CT molecular complexity index is 3810. The average molecular weight is 1390 g/mol. The average Bonchev–Trinajstić information content (AvgIpc) is 1.56. The molecule has 30 nitrogen and oxygen atoms in total. The zero-order chi connectivity index (χ0) is 70.6. The third-order valence-electron chi connectivity index (χ3n) is 15.4. The van der Waals surface area contributed by atoms with Crippen LogP contribution in [0.25, 0.3) is 11.1 Å². The van der Waals surface area contributed by atoms with Crippen LogP contribution in [0.1, 0.15) is 90.9 Å². The van der Waals surface area contributed by atoms with Gasteiger partial charge in [-0.15, -0.1) is 0 Å². The first-order valence-corrected chi connectivity index (χ1v) is 32.8. The second-order valence-corrected chi connectivity index (χ2v) is 23.4. The smallest absolute Gasteiger partial charge is 0.291 e. The first kappa shape index (κ1) is 75.3. The van der Waals surface area contributed by atoms with Crippen molar-refractivity contribution in [1.29, 1.82) is 0 Å². The molecule has 1 aliphatic heterocycles. The number of aromatic nitrogens is 6. The topological polar surface area (TPSA) is 352 Å². The number of nitrogens with one attached hydrogen (secondary N) is 7. The van der Waals surface area contributed by atoms with E-state index < -0.39 is 23.6 Å². The van der Waals surface area contributed by atoms with Crippen LogP contribution in [0, 0.1) is 0 Å². The van der Waals surface area contributed by atoms with E-state index in [0.717, 1.165) is 34.5 Å². The van der Waals surface area contributed by atoms with Crippen LogP contribution in [0.3, 0.4) is 0 Å². The normalized spacial score (nSPS) is 13.4. The van der Waals surface area contributed by atoms with Gasteiger partial charge in [0.25, 0.3) is 29.5 Å². The van der Waals surface area contributed by atoms with Crippen molar-refractivity contribution in [1.82, 2.24) is 44.2 Å². The summed E-state index contributed by atoms with van der Waals surface area (Å²) >= 11 is 6.13.